The van der Waals surface area contributed by atoms with Crippen LogP contribution in [-0.2, 0) is 4.79 Å². The fourth-order valence-electron chi connectivity index (χ4n) is 3.89. The molecule has 4 aromatic rings. The molecule has 5 rings (SSSR count). The molecule has 0 radical (unpaired) electrons. The summed E-state index contributed by atoms with van der Waals surface area (Å²) in [5.74, 6) is 1.32. The van der Waals surface area contributed by atoms with Gasteiger partial charge < -0.3 is 10.1 Å². The first kappa shape index (κ1) is 20.1. The van der Waals surface area contributed by atoms with Crippen molar-refractivity contribution >= 4 is 11.7 Å². The molecule has 0 aliphatic carbocycles. The second kappa shape index (κ2) is 8.05. The third-order valence-electron chi connectivity index (χ3n) is 5.37. The number of H-pyrrole nitrogens is 1. The van der Waals surface area contributed by atoms with E-state index >= 15 is 0 Å². The number of aryl methyl sites for hydroxylation is 1. The molecule has 0 spiro atoms. The molecule has 162 valence electrons. The molecule has 1 amide bonds. The van der Waals surface area contributed by atoms with Gasteiger partial charge in [-0.25, -0.2) is 10.1 Å². The van der Waals surface area contributed by atoms with E-state index in [1.54, 1.807) is 36.5 Å². The third-order valence-corrected chi connectivity index (χ3v) is 5.37. The van der Waals surface area contributed by atoms with E-state index in [4.69, 9.17) is 4.74 Å². The van der Waals surface area contributed by atoms with Crippen LogP contribution in [0.15, 0.2) is 59.5 Å². The molecule has 3 aromatic heterocycles. The van der Waals surface area contributed by atoms with Gasteiger partial charge in [0.2, 0.25) is 11.8 Å². The number of nitriles is 1. The van der Waals surface area contributed by atoms with Gasteiger partial charge in [0.05, 0.1) is 5.69 Å². The van der Waals surface area contributed by atoms with Crippen molar-refractivity contribution in [2.75, 3.05) is 5.32 Å². The van der Waals surface area contributed by atoms with Crippen molar-refractivity contribution in [1.29, 1.82) is 5.26 Å². The van der Waals surface area contributed by atoms with Crippen molar-refractivity contribution in [2.24, 2.45) is 0 Å². The maximum atomic E-state index is 12.5. The Bertz CT molecular complexity index is 1440. The number of hydrogen-bond acceptors (Lipinski definition) is 7. The Hall–Kier alpha value is -4.78. The van der Waals surface area contributed by atoms with Gasteiger partial charge in [-0.15, -0.1) is 0 Å². The molecule has 10 nitrogen and oxygen atoms in total. The lowest BCUT2D eigenvalue weighted by Crippen LogP contribution is -2.25. The number of fused-ring (bicyclic) bond motifs is 1. The zero-order chi connectivity index (χ0) is 22.9. The number of benzene rings is 1. The second-order valence-electron chi connectivity index (χ2n) is 7.48. The largest absolute Gasteiger partial charge is 0.438 e. The Morgan fingerprint density at radius 3 is 2.70 bits per heavy atom. The summed E-state index contributed by atoms with van der Waals surface area (Å²) >= 11 is 0. The number of hydrogen-bond donors (Lipinski definition) is 2. The molecule has 0 unspecified atom stereocenters. The van der Waals surface area contributed by atoms with Gasteiger partial charge in [0.1, 0.15) is 23.2 Å². The molecule has 33 heavy (non-hydrogen) atoms. The molecule has 1 aliphatic heterocycles. The molecular formula is C23H17N7O3. The molecule has 0 bridgehead atoms. The third kappa shape index (κ3) is 3.72. The summed E-state index contributed by atoms with van der Waals surface area (Å²) in [7, 11) is 0. The first-order valence-electron chi connectivity index (χ1n) is 10.1. The molecule has 1 atom stereocenters. The number of nitrogens with one attached hydrogen (secondary N) is 2. The number of amides is 1. The number of aromatic nitrogens is 5. The van der Waals surface area contributed by atoms with Crippen LogP contribution < -0.4 is 15.6 Å². The topological polar surface area (TPSA) is 139 Å². The maximum absolute atomic E-state index is 12.5. The SMILES string of the molecule is Cc1nn(-c2ccc(=O)[nH]n2)c2c1[C@H](c1ccc(Oc3ncccc3C#N)cc1)CC(=O)N2. The lowest BCUT2D eigenvalue weighted by atomic mass is 9.86. The Kier molecular flexibility index (Phi) is 4.91. The number of nitrogens with zero attached hydrogens (tertiary/aromatic N) is 5. The van der Waals surface area contributed by atoms with E-state index in [-0.39, 0.29) is 29.7 Å². The summed E-state index contributed by atoms with van der Waals surface area (Å²) in [5, 5.41) is 23.1. The monoisotopic (exact) mass is 439 g/mol. The molecule has 0 saturated heterocycles. The first-order chi connectivity index (χ1) is 16.0. The van der Waals surface area contributed by atoms with Crippen molar-refractivity contribution in [3.05, 3.63) is 87.5 Å². The molecule has 1 aromatic carbocycles. The highest BCUT2D eigenvalue weighted by Crippen LogP contribution is 2.40. The summed E-state index contributed by atoms with van der Waals surface area (Å²) in [6, 6.07) is 15.6. The fraction of sp³-hybridized carbons (Fsp3) is 0.130. The second-order valence-corrected chi connectivity index (χ2v) is 7.48. The van der Waals surface area contributed by atoms with E-state index in [1.807, 2.05) is 19.1 Å². The van der Waals surface area contributed by atoms with Gasteiger partial charge in [-0.05, 0) is 42.8 Å². The number of pyridine rings is 1. The van der Waals surface area contributed by atoms with E-state index in [0.29, 0.717) is 22.9 Å². The smallest absolute Gasteiger partial charge is 0.264 e. The number of carbonyl (C=O) groups is 1. The Morgan fingerprint density at radius 2 is 1.97 bits per heavy atom. The van der Waals surface area contributed by atoms with Crippen molar-refractivity contribution in [3.8, 4) is 23.5 Å². The Labute approximate surface area is 187 Å². The van der Waals surface area contributed by atoms with Crippen LogP contribution in [0.25, 0.3) is 5.82 Å². The summed E-state index contributed by atoms with van der Waals surface area (Å²) in [5.41, 5.74) is 2.56. The van der Waals surface area contributed by atoms with Crippen LogP contribution in [0.3, 0.4) is 0 Å². The molecule has 4 heterocycles. The normalized spacial score (nSPS) is 14.8. The van der Waals surface area contributed by atoms with Crippen LogP contribution in [0.5, 0.6) is 11.6 Å². The van der Waals surface area contributed by atoms with Crippen LogP contribution >= 0.6 is 0 Å². The van der Waals surface area contributed by atoms with Crippen molar-refractivity contribution in [1.82, 2.24) is 25.0 Å². The minimum atomic E-state index is -0.326. The van der Waals surface area contributed by atoms with E-state index in [9.17, 15) is 14.9 Å². The van der Waals surface area contributed by atoms with Gasteiger partial charge in [-0.2, -0.15) is 20.1 Å². The quantitative estimate of drug-likeness (QED) is 0.498. The van der Waals surface area contributed by atoms with Gasteiger partial charge in [0.15, 0.2) is 5.82 Å². The summed E-state index contributed by atoms with van der Waals surface area (Å²) in [4.78, 5) is 28.0. The predicted octanol–water partition coefficient (Wildman–Crippen LogP) is 2.80. The van der Waals surface area contributed by atoms with Gasteiger partial charge >= 0.3 is 0 Å². The summed E-state index contributed by atoms with van der Waals surface area (Å²) in [6.07, 6.45) is 1.82. The van der Waals surface area contributed by atoms with E-state index in [0.717, 1.165) is 16.8 Å². The zero-order valence-electron chi connectivity index (χ0n) is 17.4. The minimum Gasteiger partial charge on any atom is -0.438 e. The van der Waals surface area contributed by atoms with E-state index < -0.39 is 0 Å². The van der Waals surface area contributed by atoms with Crippen molar-refractivity contribution in [2.45, 2.75) is 19.3 Å². The molecule has 0 fully saturated rings. The van der Waals surface area contributed by atoms with Gasteiger partial charge in [0.25, 0.3) is 5.56 Å². The van der Waals surface area contributed by atoms with E-state index in [2.05, 4.69) is 31.7 Å². The Morgan fingerprint density at radius 1 is 1.15 bits per heavy atom. The van der Waals surface area contributed by atoms with Crippen LogP contribution in [0, 0.1) is 18.3 Å². The average Bonchev–Trinajstić information content (AvgIpc) is 3.16. The predicted molar refractivity (Wildman–Crippen MR) is 117 cm³/mol. The highest BCUT2D eigenvalue weighted by atomic mass is 16.5. The number of anilines is 1. The standard InChI is InChI=1S/C23H17N7O3/c1-13-21-17(11-20(32)26-22(21)30(29-13)18-8-9-19(31)28-27-18)14-4-6-16(7-5-14)33-23-15(12-24)3-2-10-25-23/h2-10,17H,11H2,1H3,(H,26,32)(H,28,31)/t17-/m0/s1. The summed E-state index contributed by atoms with van der Waals surface area (Å²) < 4.78 is 7.28. The minimum absolute atomic E-state index is 0.148. The first-order valence-corrected chi connectivity index (χ1v) is 10.1. The van der Waals surface area contributed by atoms with E-state index in [1.165, 1.54) is 10.7 Å². The van der Waals surface area contributed by atoms with Crippen molar-refractivity contribution in [3.63, 3.8) is 0 Å². The number of ether oxygens (including phenoxy) is 1. The molecule has 0 saturated carbocycles. The van der Waals surface area contributed by atoms with Gasteiger partial charge in [0, 0.05) is 30.2 Å². The molecule has 10 heteroatoms. The zero-order valence-corrected chi connectivity index (χ0v) is 17.4. The number of aromatic amines is 1. The van der Waals surface area contributed by atoms with Crippen LogP contribution in [0.4, 0.5) is 5.82 Å². The van der Waals surface area contributed by atoms with Gasteiger partial charge in [-0.3, -0.25) is 9.59 Å². The van der Waals surface area contributed by atoms with Crippen molar-refractivity contribution < 1.29 is 9.53 Å². The molecule has 2 N–H and O–H groups in total. The average molecular weight is 439 g/mol. The molecule has 1 aliphatic rings. The number of rotatable bonds is 4. The van der Waals surface area contributed by atoms with Gasteiger partial charge in [-0.1, -0.05) is 12.1 Å². The van der Waals surface area contributed by atoms with Crippen LogP contribution in [-0.4, -0.2) is 30.9 Å². The lowest BCUT2D eigenvalue weighted by molar-refractivity contribution is -0.116. The lowest BCUT2D eigenvalue weighted by Gasteiger charge is -2.24. The maximum Gasteiger partial charge on any atom is 0.264 e. The highest BCUT2D eigenvalue weighted by molar-refractivity contribution is 5.95. The van der Waals surface area contributed by atoms with Crippen LogP contribution in [0.1, 0.15) is 34.7 Å². The highest BCUT2D eigenvalue weighted by Gasteiger charge is 2.33. The van der Waals surface area contributed by atoms with Crippen LogP contribution in [0.2, 0.25) is 0 Å². The Balaban J connectivity index is 1.49. The fourth-order valence-corrected chi connectivity index (χ4v) is 3.89. The summed E-state index contributed by atoms with van der Waals surface area (Å²) in [6.45, 7) is 1.87. The molecular weight excluding hydrogens is 422 g/mol. The number of carbonyl (C=O) groups excluding carboxylic acids is 1.